The lowest BCUT2D eigenvalue weighted by Crippen LogP contribution is -2.35. The van der Waals surface area contributed by atoms with Crippen LogP contribution in [-0.2, 0) is 13.0 Å². The predicted molar refractivity (Wildman–Crippen MR) is 82.0 cm³/mol. The molecule has 1 aliphatic heterocycles. The Labute approximate surface area is 125 Å². The summed E-state index contributed by atoms with van der Waals surface area (Å²) in [6, 6.07) is 1.89. The van der Waals surface area contributed by atoms with Gasteiger partial charge in [0.1, 0.15) is 5.56 Å². The molecule has 1 aliphatic rings. The Kier molecular flexibility index (Phi) is 4.83. The van der Waals surface area contributed by atoms with E-state index in [0.717, 1.165) is 31.7 Å². The fourth-order valence-electron chi connectivity index (χ4n) is 3.41. The second-order valence-corrected chi connectivity index (χ2v) is 5.67. The van der Waals surface area contributed by atoms with Crippen molar-refractivity contribution in [2.75, 3.05) is 13.1 Å². The molecule has 1 fully saturated rings. The summed E-state index contributed by atoms with van der Waals surface area (Å²) < 4.78 is 2.03. The van der Waals surface area contributed by atoms with Gasteiger partial charge in [-0.1, -0.05) is 13.8 Å². The maximum absolute atomic E-state index is 12.0. The molecule has 116 valence electrons. The molecule has 0 radical (unpaired) electrons. The van der Waals surface area contributed by atoms with Crippen molar-refractivity contribution in [2.24, 2.45) is 0 Å². The molecular weight excluding hydrogens is 268 g/mol. The topological polar surface area (TPSA) is 62.5 Å². The standard InChI is InChI=1S/C16H24N2O3/c1-4-13-15(16(20)21)14(19)9-11(3)18(13)10-12-7-6-8-17(12)5-2/h9,12H,4-8,10H2,1-3H3,(H,20,21)/t12-/m0/s1. The molecule has 1 atom stereocenters. The number of aromatic nitrogens is 1. The molecule has 1 aromatic rings. The third-order valence-corrected chi connectivity index (χ3v) is 4.47. The average Bonchev–Trinajstić information content (AvgIpc) is 2.87. The summed E-state index contributed by atoms with van der Waals surface area (Å²) in [6.45, 7) is 8.83. The number of rotatable bonds is 5. The van der Waals surface area contributed by atoms with Crippen molar-refractivity contribution >= 4 is 5.97 Å². The highest BCUT2D eigenvalue weighted by Crippen LogP contribution is 2.20. The number of pyridine rings is 1. The van der Waals surface area contributed by atoms with Gasteiger partial charge in [-0.15, -0.1) is 0 Å². The van der Waals surface area contributed by atoms with Gasteiger partial charge in [-0.25, -0.2) is 4.79 Å². The van der Waals surface area contributed by atoms with Crippen LogP contribution in [0.15, 0.2) is 10.9 Å². The van der Waals surface area contributed by atoms with Crippen molar-refractivity contribution in [3.63, 3.8) is 0 Å². The zero-order valence-corrected chi connectivity index (χ0v) is 13.1. The van der Waals surface area contributed by atoms with E-state index in [9.17, 15) is 14.7 Å². The first-order valence-electron chi connectivity index (χ1n) is 7.70. The predicted octanol–water partition coefficient (Wildman–Crippen LogP) is 1.90. The van der Waals surface area contributed by atoms with Crippen LogP contribution in [0, 0.1) is 6.92 Å². The van der Waals surface area contributed by atoms with Crippen LogP contribution in [-0.4, -0.2) is 39.7 Å². The maximum atomic E-state index is 12.0. The van der Waals surface area contributed by atoms with Gasteiger partial charge < -0.3 is 9.67 Å². The number of nitrogens with zero attached hydrogens (tertiary/aromatic N) is 2. The Balaban J connectivity index is 2.45. The maximum Gasteiger partial charge on any atom is 0.341 e. The number of likely N-dealkylation sites (tertiary alicyclic amines) is 1. The van der Waals surface area contributed by atoms with Gasteiger partial charge in [0, 0.05) is 30.0 Å². The Morgan fingerprint density at radius 2 is 2.14 bits per heavy atom. The van der Waals surface area contributed by atoms with Crippen molar-refractivity contribution in [3.05, 3.63) is 33.2 Å². The average molecular weight is 292 g/mol. The minimum absolute atomic E-state index is 0.0656. The monoisotopic (exact) mass is 292 g/mol. The molecule has 21 heavy (non-hydrogen) atoms. The Hall–Kier alpha value is -1.62. The number of hydrogen-bond donors (Lipinski definition) is 1. The molecule has 0 amide bonds. The Morgan fingerprint density at radius 3 is 2.71 bits per heavy atom. The largest absolute Gasteiger partial charge is 0.477 e. The first kappa shape index (κ1) is 15.8. The van der Waals surface area contributed by atoms with E-state index in [2.05, 4.69) is 11.8 Å². The van der Waals surface area contributed by atoms with Crippen molar-refractivity contribution in [3.8, 4) is 0 Å². The Morgan fingerprint density at radius 1 is 1.43 bits per heavy atom. The zero-order chi connectivity index (χ0) is 15.6. The van der Waals surface area contributed by atoms with Gasteiger partial charge in [-0.05, 0) is 39.3 Å². The van der Waals surface area contributed by atoms with E-state index in [1.165, 1.54) is 12.5 Å². The van der Waals surface area contributed by atoms with Crippen LogP contribution in [0.3, 0.4) is 0 Å². The summed E-state index contributed by atoms with van der Waals surface area (Å²) in [6.07, 6.45) is 2.87. The fourth-order valence-corrected chi connectivity index (χ4v) is 3.41. The summed E-state index contributed by atoms with van der Waals surface area (Å²) in [5.41, 5.74) is 1.05. The fraction of sp³-hybridized carbons (Fsp3) is 0.625. The van der Waals surface area contributed by atoms with E-state index in [-0.39, 0.29) is 11.0 Å². The van der Waals surface area contributed by atoms with Gasteiger partial charge in [0.25, 0.3) is 0 Å². The number of hydrogen-bond acceptors (Lipinski definition) is 3. The van der Waals surface area contributed by atoms with Crippen molar-refractivity contribution < 1.29 is 9.90 Å². The van der Waals surface area contributed by atoms with Gasteiger partial charge in [-0.2, -0.15) is 0 Å². The van der Waals surface area contributed by atoms with Gasteiger partial charge in [-0.3, -0.25) is 9.69 Å². The number of carboxylic acid groups (broad SMARTS) is 1. The first-order chi connectivity index (χ1) is 9.99. The first-order valence-corrected chi connectivity index (χ1v) is 7.70. The molecule has 0 spiro atoms. The van der Waals surface area contributed by atoms with Crippen LogP contribution in [0.5, 0.6) is 0 Å². The molecule has 5 heteroatoms. The highest BCUT2D eigenvalue weighted by Gasteiger charge is 2.26. The normalized spacial score (nSPS) is 19.1. The third-order valence-electron chi connectivity index (χ3n) is 4.47. The van der Waals surface area contributed by atoms with Gasteiger partial charge in [0.2, 0.25) is 0 Å². The third kappa shape index (κ3) is 3.02. The van der Waals surface area contributed by atoms with Crippen LogP contribution in [0.1, 0.15) is 48.4 Å². The summed E-state index contributed by atoms with van der Waals surface area (Å²) in [7, 11) is 0. The van der Waals surface area contributed by atoms with Crippen LogP contribution in [0.4, 0.5) is 0 Å². The van der Waals surface area contributed by atoms with E-state index in [0.29, 0.717) is 18.2 Å². The molecule has 0 aromatic carbocycles. The van der Waals surface area contributed by atoms with Crippen LogP contribution < -0.4 is 5.43 Å². The minimum atomic E-state index is -1.12. The second kappa shape index (κ2) is 6.43. The number of carbonyl (C=O) groups is 1. The highest BCUT2D eigenvalue weighted by molar-refractivity contribution is 5.88. The molecular formula is C16H24N2O3. The quantitative estimate of drug-likeness (QED) is 0.900. The number of carboxylic acids is 1. The molecule has 0 aliphatic carbocycles. The molecule has 0 bridgehead atoms. The molecule has 2 rings (SSSR count). The minimum Gasteiger partial charge on any atom is -0.477 e. The molecule has 1 N–H and O–H groups in total. The van der Waals surface area contributed by atoms with E-state index < -0.39 is 5.97 Å². The van der Waals surface area contributed by atoms with E-state index in [1.54, 1.807) is 0 Å². The molecule has 1 aromatic heterocycles. The van der Waals surface area contributed by atoms with Gasteiger partial charge in [0.05, 0.1) is 0 Å². The lowest BCUT2D eigenvalue weighted by atomic mass is 10.1. The van der Waals surface area contributed by atoms with Crippen molar-refractivity contribution in [1.82, 2.24) is 9.47 Å². The van der Waals surface area contributed by atoms with Gasteiger partial charge >= 0.3 is 5.97 Å². The van der Waals surface area contributed by atoms with E-state index in [4.69, 9.17) is 0 Å². The van der Waals surface area contributed by atoms with Crippen LogP contribution in [0.25, 0.3) is 0 Å². The summed E-state index contributed by atoms with van der Waals surface area (Å²) in [4.78, 5) is 25.8. The lowest BCUT2D eigenvalue weighted by Gasteiger charge is -2.27. The Bertz CT molecular complexity index is 592. The van der Waals surface area contributed by atoms with E-state index >= 15 is 0 Å². The van der Waals surface area contributed by atoms with Crippen molar-refractivity contribution in [1.29, 1.82) is 0 Å². The summed E-state index contributed by atoms with van der Waals surface area (Å²) in [5.74, 6) is -1.12. The highest BCUT2D eigenvalue weighted by atomic mass is 16.4. The summed E-state index contributed by atoms with van der Waals surface area (Å²) >= 11 is 0. The lowest BCUT2D eigenvalue weighted by molar-refractivity contribution is 0.0692. The molecule has 2 heterocycles. The van der Waals surface area contributed by atoms with Crippen LogP contribution >= 0.6 is 0 Å². The SMILES string of the molecule is CCc1c(C(=O)O)c(=O)cc(C)n1C[C@@H]1CCCN1CC. The number of aromatic carboxylic acids is 1. The molecule has 5 nitrogen and oxygen atoms in total. The van der Waals surface area contributed by atoms with Gasteiger partial charge in [0.15, 0.2) is 5.43 Å². The van der Waals surface area contributed by atoms with E-state index in [1.807, 2.05) is 18.4 Å². The smallest absolute Gasteiger partial charge is 0.341 e. The molecule has 1 saturated heterocycles. The number of likely N-dealkylation sites (N-methyl/N-ethyl adjacent to an activating group) is 1. The van der Waals surface area contributed by atoms with Crippen molar-refractivity contribution in [2.45, 2.75) is 52.6 Å². The van der Waals surface area contributed by atoms with Crippen LogP contribution in [0.2, 0.25) is 0 Å². The number of aryl methyl sites for hydroxylation is 1. The second-order valence-electron chi connectivity index (χ2n) is 5.67. The molecule has 0 unspecified atom stereocenters. The molecule has 0 saturated carbocycles. The zero-order valence-electron chi connectivity index (χ0n) is 13.1. The summed E-state index contributed by atoms with van der Waals surface area (Å²) in [5, 5.41) is 9.33.